The van der Waals surface area contributed by atoms with Gasteiger partial charge in [-0.25, -0.2) is 0 Å². The molecular weight excluding hydrogens is 310 g/mol. The number of nitrogens with zero attached hydrogens (tertiary/aromatic N) is 2. The van der Waals surface area contributed by atoms with Gasteiger partial charge in [0.15, 0.2) is 0 Å². The van der Waals surface area contributed by atoms with E-state index in [0.29, 0.717) is 26.2 Å². The van der Waals surface area contributed by atoms with Crippen LogP contribution in [0.15, 0.2) is 24.3 Å². The molecule has 1 N–H and O–H groups in total. The maximum absolute atomic E-state index is 12.5. The van der Waals surface area contributed by atoms with Crippen LogP contribution in [0.2, 0.25) is 0 Å². The fourth-order valence-corrected chi connectivity index (χ4v) is 2.48. The molecule has 1 aliphatic heterocycles. The lowest BCUT2D eigenvalue weighted by Crippen LogP contribution is -2.53. The molecule has 1 heterocycles. The second-order valence-electron chi connectivity index (χ2n) is 5.22. The van der Waals surface area contributed by atoms with Gasteiger partial charge in [-0.15, -0.1) is 0 Å². The van der Waals surface area contributed by atoms with Crippen LogP contribution in [-0.4, -0.2) is 65.6 Å². The zero-order valence-electron chi connectivity index (χ0n) is 12.6. The Balaban J connectivity index is 2.04. The zero-order chi connectivity index (χ0) is 17.0. The first-order valence-electron chi connectivity index (χ1n) is 7.20. The molecule has 1 unspecified atom stereocenters. The summed E-state index contributed by atoms with van der Waals surface area (Å²) >= 11 is 0. The van der Waals surface area contributed by atoms with Crippen molar-refractivity contribution in [3.63, 3.8) is 0 Å². The molecule has 2 rings (SSSR count). The molecule has 0 aliphatic carbocycles. The van der Waals surface area contributed by atoms with E-state index >= 15 is 0 Å². The van der Waals surface area contributed by atoms with E-state index in [4.69, 9.17) is 5.11 Å². The maximum atomic E-state index is 12.5. The number of alkyl halides is 2. The SMILES string of the molecule is CC(C(=O)O)N1CCN(C(=O)c2ccccc2OC(F)F)CC1. The monoisotopic (exact) mass is 328 g/mol. The lowest BCUT2D eigenvalue weighted by molar-refractivity contribution is -0.143. The first-order valence-corrected chi connectivity index (χ1v) is 7.20. The molecule has 1 saturated heterocycles. The number of carbonyl (C=O) groups excluding carboxylic acids is 1. The minimum absolute atomic E-state index is 0.0764. The highest BCUT2D eigenvalue weighted by Crippen LogP contribution is 2.22. The number of hydrogen-bond acceptors (Lipinski definition) is 4. The highest BCUT2D eigenvalue weighted by atomic mass is 19.3. The summed E-state index contributed by atoms with van der Waals surface area (Å²) in [6.07, 6.45) is 0. The Hall–Kier alpha value is -2.22. The lowest BCUT2D eigenvalue weighted by atomic mass is 10.1. The fourth-order valence-electron chi connectivity index (χ4n) is 2.48. The predicted molar refractivity (Wildman–Crippen MR) is 77.6 cm³/mol. The van der Waals surface area contributed by atoms with Crippen molar-refractivity contribution >= 4 is 11.9 Å². The summed E-state index contributed by atoms with van der Waals surface area (Å²) in [5, 5.41) is 9.00. The van der Waals surface area contributed by atoms with Crippen LogP contribution in [0, 0.1) is 0 Å². The molecule has 0 spiro atoms. The van der Waals surface area contributed by atoms with Crippen molar-refractivity contribution in [3.05, 3.63) is 29.8 Å². The molecule has 0 radical (unpaired) electrons. The van der Waals surface area contributed by atoms with Gasteiger partial charge in [0.2, 0.25) is 0 Å². The number of rotatable bonds is 5. The minimum Gasteiger partial charge on any atom is -0.480 e. The number of carboxylic acid groups (broad SMARTS) is 1. The summed E-state index contributed by atoms with van der Waals surface area (Å²) < 4.78 is 29.2. The molecule has 1 fully saturated rings. The number of carboxylic acids is 1. The van der Waals surface area contributed by atoms with Crippen LogP contribution in [0.1, 0.15) is 17.3 Å². The van der Waals surface area contributed by atoms with Gasteiger partial charge in [0, 0.05) is 26.2 Å². The van der Waals surface area contributed by atoms with E-state index in [0.717, 1.165) is 0 Å². The summed E-state index contributed by atoms with van der Waals surface area (Å²) in [6.45, 7) is 0.0794. The standard InChI is InChI=1S/C15H18F2N2O4/c1-10(14(21)22)18-6-8-19(9-7-18)13(20)11-4-2-3-5-12(11)23-15(16)17/h2-5,10,15H,6-9H2,1H3,(H,21,22). The zero-order valence-corrected chi connectivity index (χ0v) is 12.6. The Labute approximate surface area is 132 Å². The predicted octanol–water partition coefficient (Wildman–Crippen LogP) is 1.52. The minimum atomic E-state index is -3.00. The third kappa shape index (κ3) is 4.16. The Kier molecular flexibility index (Phi) is 5.49. The molecule has 1 aliphatic rings. The summed E-state index contributed by atoms with van der Waals surface area (Å²) in [7, 11) is 0. The van der Waals surface area contributed by atoms with Gasteiger partial charge in [0.25, 0.3) is 5.91 Å². The Morgan fingerprint density at radius 2 is 1.78 bits per heavy atom. The van der Waals surface area contributed by atoms with Crippen molar-refractivity contribution in [1.29, 1.82) is 0 Å². The molecule has 1 atom stereocenters. The van der Waals surface area contributed by atoms with Crippen molar-refractivity contribution < 1.29 is 28.2 Å². The van der Waals surface area contributed by atoms with E-state index in [1.54, 1.807) is 17.9 Å². The van der Waals surface area contributed by atoms with Crippen LogP contribution in [0.25, 0.3) is 0 Å². The molecule has 1 aromatic carbocycles. The smallest absolute Gasteiger partial charge is 0.387 e. The Bertz CT molecular complexity index is 574. The van der Waals surface area contributed by atoms with E-state index in [1.807, 2.05) is 0 Å². The molecule has 126 valence electrons. The number of hydrogen-bond donors (Lipinski definition) is 1. The third-order valence-electron chi connectivity index (χ3n) is 3.84. The topological polar surface area (TPSA) is 70.1 Å². The van der Waals surface area contributed by atoms with Gasteiger partial charge in [-0.2, -0.15) is 8.78 Å². The van der Waals surface area contributed by atoms with E-state index < -0.39 is 24.5 Å². The van der Waals surface area contributed by atoms with Crippen LogP contribution in [0.3, 0.4) is 0 Å². The van der Waals surface area contributed by atoms with Crippen molar-refractivity contribution in [1.82, 2.24) is 9.80 Å². The summed E-state index contributed by atoms with van der Waals surface area (Å²) in [4.78, 5) is 26.7. The second-order valence-corrected chi connectivity index (χ2v) is 5.22. The van der Waals surface area contributed by atoms with Gasteiger partial charge in [-0.05, 0) is 19.1 Å². The number of amides is 1. The molecular formula is C15H18F2N2O4. The molecule has 0 saturated carbocycles. The van der Waals surface area contributed by atoms with Crippen LogP contribution in [0.4, 0.5) is 8.78 Å². The average molecular weight is 328 g/mol. The first kappa shape index (κ1) is 17.1. The van der Waals surface area contributed by atoms with Gasteiger partial charge in [-0.1, -0.05) is 12.1 Å². The van der Waals surface area contributed by atoms with Crippen molar-refractivity contribution in [3.8, 4) is 5.75 Å². The van der Waals surface area contributed by atoms with E-state index in [2.05, 4.69) is 4.74 Å². The quantitative estimate of drug-likeness (QED) is 0.887. The summed E-state index contributed by atoms with van der Waals surface area (Å²) in [5.74, 6) is -1.47. The number of piperazine rings is 1. The van der Waals surface area contributed by atoms with Crippen LogP contribution in [-0.2, 0) is 4.79 Å². The first-order chi connectivity index (χ1) is 10.9. The van der Waals surface area contributed by atoms with Crippen LogP contribution >= 0.6 is 0 Å². The highest BCUT2D eigenvalue weighted by molar-refractivity contribution is 5.97. The van der Waals surface area contributed by atoms with E-state index in [1.165, 1.54) is 23.1 Å². The number of para-hydroxylation sites is 1. The normalized spacial score (nSPS) is 17.1. The molecule has 1 amide bonds. The van der Waals surface area contributed by atoms with Crippen LogP contribution < -0.4 is 4.74 Å². The number of aliphatic carboxylic acids is 1. The Morgan fingerprint density at radius 1 is 1.17 bits per heavy atom. The van der Waals surface area contributed by atoms with Crippen molar-refractivity contribution in [2.45, 2.75) is 19.6 Å². The average Bonchev–Trinajstić information content (AvgIpc) is 2.53. The molecule has 0 bridgehead atoms. The third-order valence-corrected chi connectivity index (χ3v) is 3.84. The van der Waals surface area contributed by atoms with E-state index in [9.17, 15) is 18.4 Å². The van der Waals surface area contributed by atoms with Crippen molar-refractivity contribution in [2.75, 3.05) is 26.2 Å². The largest absolute Gasteiger partial charge is 0.480 e. The number of ether oxygens (including phenoxy) is 1. The number of benzene rings is 1. The number of halogens is 2. The van der Waals surface area contributed by atoms with E-state index in [-0.39, 0.29) is 11.3 Å². The second kappa shape index (κ2) is 7.36. The summed E-state index contributed by atoms with van der Waals surface area (Å²) in [6, 6.07) is 5.23. The molecule has 23 heavy (non-hydrogen) atoms. The summed E-state index contributed by atoms with van der Waals surface area (Å²) in [5.41, 5.74) is 0.0764. The molecule has 0 aromatic heterocycles. The maximum Gasteiger partial charge on any atom is 0.387 e. The molecule has 8 heteroatoms. The lowest BCUT2D eigenvalue weighted by Gasteiger charge is -2.36. The number of carbonyl (C=O) groups is 2. The van der Waals surface area contributed by atoms with Gasteiger partial charge in [0.05, 0.1) is 5.56 Å². The molecule has 6 nitrogen and oxygen atoms in total. The fraction of sp³-hybridized carbons (Fsp3) is 0.467. The van der Waals surface area contributed by atoms with Crippen molar-refractivity contribution in [2.24, 2.45) is 0 Å². The van der Waals surface area contributed by atoms with Crippen LogP contribution in [0.5, 0.6) is 5.75 Å². The van der Waals surface area contributed by atoms with Gasteiger partial charge < -0.3 is 14.7 Å². The molecule has 1 aromatic rings. The van der Waals surface area contributed by atoms with Gasteiger partial charge >= 0.3 is 12.6 Å². The highest BCUT2D eigenvalue weighted by Gasteiger charge is 2.28. The Morgan fingerprint density at radius 3 is 2.35 bits per heavy atom. The van der Waals surface area contributed by atoms with Gasteiger partial charge in [-0.3, -0.25) is 14.5 Å². The van der Waals surface area contributed by atoms with Gasteiger partial charge in [0.1, 0.15) is 11.8 Å².